The zero-order valence-corrected chi connectivity index (χ0v) is 14.2. The maximum absolute atomic E-state index is 11.8. The van der Waals surface area contributed by atoms with E-state index in [1.807, 2.05) is 13.0 Å². The summed E-state index contributed by atoms with van der Waals surface area (Å²) in [5, 5.41) is 1.69. The van der Waals surface area contributed by atoms with E-state index in [-0.39, 0.29) is 5.63 Å². The Morgan fingerprint density at radius 3 is 2.61 bits per heavy atom. The molecule has 3 aromatic rings. The van der Waals surface area contributed by atoms with Gasteiger partial charge >= 0.3 is 5.63 Å². The average Bonchev–Trinajstić information content (AvgIpc) is 2.52. The van der Waals surface area contributed by atoms with Crippen molar-refractivity contribution in [3.8, 4) is 0 Å². The first-order valence-corrected chi connectivity index (χ1v) is 8.50. The van der Waals surface area contributed by atoms with Crippen molar-refractivity contribution in [3.05, 3.63) is 63.8 Å². The second-order valence-corrected chi connectivity index (χ2v) is 6.71. The zero-order chi connectivity index (χ0) is 16.4. The molecule has 23 heavy (non-hydrogen) atoms. The lowest BCUT2D eigenvalue weighted by atomic mass is 9.95. The van der Waals surface area contributed by atoms with Gasteiger partial charge in [0.2, 0.25) is 0 Å². The van der Waals surface area contributed by atoms with Crippen LogP contribution >= 0.6 is 11.8 Å². The van der Waals surface area contributed by atoms with Crippen LogP contribution in [0.15, 0.2) is 51.0 Å². The standard InChI is InChI=1S/C18H18N2O2S/c1-11(2)14-9-15-13(10-23-18-19-5-4-6-20-18)8-17(21)22-16(15)7-12(14)3/h4-9,11H,10H2,1-3H3. The molecule has 2 heterocycles. The maximum Gasteiger partial charge on any atom is 0.336 e. The predicted octanol–water partition coefficient (Wildman–Crippen LogP) is 4.31. The van der Waals surface area contributed by atoms with Gasteiger partial charge in [0.15, 0.2) is 5.16 Å². The molecule has 0 N–H and O–H groups in total. The molecule has 0 spiro atoms. The van der Waals surface area contributed by atoms with Gasteiger partial charge in [-0.25, -0.2) is 14.8 Å². The second-order valence-electron chi connectivity index (χ2n) is 5.77. The molecule has 0 saturated heterocycles. The van der Waals surface area contributed by atoms with Crippen LogP contribution in [0.3, 0.4) is 0 Å². The van der Waals surface area contributed by atoms with E-state index >= 15 is 0 Å². The fourth-order valence-electron chi connectivity index (χ4n) is 2.64. The molecule has 0 bridgehead atoms. The van der Waals surface area contributed by atoms with Crippen molar-refractivity contribution in [2.24, 2.45) is 0 Å². The Labute approximate surface area is 139 Å². The van der Waals surface area contributed by atoms with Crippen molar-refractivity contribution in [3.63, 3.8) is 0 Å². The highest BCUT2D eigenvalue weighted by molar-refractivity contribution is 7.98. The summed E-state index contributed by atoms with van der Waals surface area (Å²) in [4.78, 5) is 20.3. The summed E-state index contributed by atoms with van der Waals surface area (Å²) in [6, 6.07) is 7.45. The molecule has 1 aromatic carbocycles. The van der Waals surface area contributed by atoms with E-state index in [4.69, 9.17) is 4.42 Å². The Balaban J connectivity index is 2.04. The van der Waals surface area contributed by atoms with Crippen LogP contribution in [0, 0.1) is 6.92 Å². The maximum atomic E-state index is 11.8. The third-order valence-corrected chi connectivity index (χ3v) is 4.66. The molecule has 2 aromatic heterocycles. The molecule has 0 aliphatic carbocycles. The minimum atomic E-state index is -0.321. The minimum Gasteiger partial charge on any atom is -0.423 e. The van der Waals surface area contributed by atoms with Gasteiger partial charge in [-0.15, -0.1) is 0 Å². The number of thioether (sulfide) groups is 1. The summed E-state index contributed by atoms with van der Waals surface area (Å²) < 4.78 is 5.37. The number of rotatable bonds is 4. The molecular weight excluding hydrogens is 308 g/mol. The van der Waals surface area contributed by atoms with Gasteiger partial charge in [0.05, 0.1) is 0 Å². The molecule has 0 aliphatic heterocycles. The molecule has 0 fully saturated rings. The van der Waals surface area contributed by atoms with Crippen LogP contribution in [0.5, 0.6) is 0 Å². The molecule has 3 rings (SSSR count). The van der Waals surface area contributed by atoms with E-state index in [2.05, 4.69) is 29.9 Å². The summed E-state index contributed by atoms with van der Waals surface area (Å²) in [6.45, 7) is 6.38. The van der Waals surface area contributed by atoms with Crippen LogP contribution in [-0.2, 0) is 5.75 Å². The number of fused-ring (bicyclic) bond motifs is 1. The molecule has 0 unspecified atom stereocenters. The van der Waals surface area contributed by atoms with Crippen LogP contribution in [0.4, 0.5) is 0 Å². The zero-order valence-electron chi connectivity index (χ0n) is 13.4. The highest BCUT2D eigenvalue weighted by Crippen LogP contribution is 2.29. The molecular formula is C18H18N2O2S. The highest BCUT2D eigenvalue weighted by atomic mass is 32.2. The SMILES string of the molecule is Cc1cc2oc(=O)cc(CSc3ncccn3)c2cc1C(C)C. The van der Waals surface area contributed by atoms with Crippen LogP contribution in [0.1, 0.15) is 36.5 Å². The summed E-state index contributed by atoms with van der Waals surface area (Å²) in [5.41, 5.74) is 3.69. The molecule has 0 amide bonds. The number of hydrogen-bond donors (Lipinski definition) is 0. The van der Waals surface area contributed by atoms with Crippen LogP contribution in [0.25, 0.3) is 11.0 Å². The number of hydrogen-bond acceptors (Lipinski definition) is 5. The Hall–Kier alpha value is -2.14. The number of aromatic nitrogens is 2. The number of nitrogens with zero attached hydrogens (tertiary/aromatic N) is 2. The quantitative estimate of drug-likeness (QED) is 0.406. The van der Waals surface area contributed by atoms with E-state index in [9.17, 15) is 4.79 Å². The Bertz CT molecular complexity index is 889. The minimum absolute atomic E-state index is 0.321. The first-order valence-electron chi connectivity index (χ1n) is 7.51. The van der Waals surface area contributed by atoms with Crippen molar-refractivity contribution in [2.75, 3.05) is 0 Å². The smallest absolute Gasteiger partial charge is 0.336 e. The van der Waals surface area contributed by atoms with E-state index in [1.54, 1.807) is 24.5 Å². The Morgan fingerprint density at radius 2 is 1.91 bits per heavy atom. The van der Waals surface area contributed by atoms with Gasteiger partial charge in [-0.2, -0.15) is 0 Å². The Morgan fingerprint density at radius 1 is 1.17 bits per heavy atom. The van der Waals surface area contributed by atoms with Gasteiger partial charge in [-0.3, -0.25) is 0 Å². The molecule has 4 nitrogen and oxygen atoms in total. The number of benzene rings is 1. The van der Waals surface area contributed by atoms with Gasteiger partial charge in [-0.05, 0) is 47.7 Å². The Kier molecular flexibility index (Phi) is 4.48. The van der Waals surface area contributed by atoms with Crippen LogP contribution < -0.4 is 5.63 Å². The topological polar surface area (TPSA) is 56.0 Å². The first-order chi connectivity index (χ1) is 11.0. The summed E-state index contributed by atoms with van der Waals surface area (Å²) in [7, 11) is 0. The lowest BCUT2D eigenvalue weighted by Gasteiger charge is -2.12. The average molecular weight is 326 g/mol. The van der Waals surface area contributed by atoms with Gasteiger partial charge in [0.1, 0.15) is 5.58 Å². The van der Waals surface area contributed by atoms with E-state index in [0.29, 0.717) is 22.4 Å². The molecule has 0 atom stereocenters. The highest BCUT2D eigenvalue weighted by Gasteiger charge is 2.12. The first kappa shape index (κ1) is 15.7. The van der Waals surface area contributed by atoms with Gasteiger partial charge in [0, 0.05) is 29.6 Å². The number of aryl methyl sites for hydroxylation is 1. The molecule has 0 radical (unpaired) electrons. The molecule has 0 aliphatic rings. The lowest BCUT2D eigenvalue weighted by molar-refractivity contribution is 0.559. The predicted molar refractivity (Wildman–Crippen MR) is 92.9 cm³/mol. The van der Waals surface area contributed by atoms with Gasteiger partial charge in [0.25, 0.3) is 0 Å². The van der Waals surface area contributed by atoms with Crippen LogP contribution in [0.2, 0.25) is 0 Å². The fourth-order valence-corrected chi connectivity index (χ4v) is 3.43. The van der Waals surface area contributed by atoms with Crippen molar-refractivity contribution in [1.29, 1.82) is 0 Å². The normalized spacial score (nSPS) is 11.3. The van der Waals surface area contributed by atoms with Crippen molar-refractivity contribution in [2.45, 2.75) is 37.6 Å². The van der Waals surface area contributed by atoms with Crippen molar-refractivity contribution < 1.29 is 4.42 Å². The lowest BCUT2D eigenvalue weighted by Crippen LogP contribution is -2.02. The molecule has 5 heteroatoms. The third-order valence-electron chi connectivity index (χ3n) is 3.74. The van der Waals surface area contributed by atoms with E-state index in [1.165, 1.54) is 17.3 Å². The van der Waals surface area contributed by atoms with Crippen LogP contribution in [-0.4, -0.2) is 9.97 Å². The third kappa shape index (κ3) is 3.45. The summed E-state index contributed by atoms with van der Waals surface area (Å²) in [5.74, 6) is 1.05. The summed E-state index contributed by atoms with van der Waals surface area (Å²) >= 11 is 1.51. The second kappa shape index (κ2) is 6.54. The van der Waals surface area contributed by atoms with E-state index < -0.39 is 0 Å². The van der Waals surface area contributed by atoms with Crippen molar-refractivity contribution >= 4 is 22.7 Å². The monoisotopic (exact) mass is 326 g/mol. The largest absolute Gasteiger partial charge is 0.423 e. The van der Waals surface area contributed by atoms with E-state index in [0.717, 1.165) is 16.5 Å². The van der Waals surface area contributed by atoms with Crippen molar-refractivity contribution in [1.82, 2.24) is 9.97 Å². The molecule has 118 valence electrons. The summed E-state index contributed by atoms with van der Waals surface area (Å²) in [6.07, 6.45) is 3.43. The van der Waals surface area contributed by atoms with Gasteiger partial charge < -0.3 is 4.42 Å². The molecule has 0 saturated carbocycles. The van der Waals surface area contributed by atoms with Gasteiger partial charge in [-0.1, -0.05) is 25.6 Å². The fraction of sp³-hybridized carbons (Fsp3) is 0.278.